The predicted molar refractivity (Wildman–Crippen MR) is 100 cm³/mol. The first kappa shape index (κ1) is 18.0. The second kappa shape index (κ2) is 8.50. The molecule has 1 saturated heterocycles. The molecule has 0 aliphatic carbocycles. The third-order valence-electron chi connectivity index (χ3n) is 4.71. The van der Waals surface area contributed by atoms with Crippen LogP contribution < -0.4 is 5.32 Å². The summed E-state index contributed by atoms with van der Waals surface area (Å²) >= 11 is 6.00. The Morgan fingerprint density at radius 1 is 1.32 bits per heavy atom. The molecule has 2 heterocycles. The molecule has 0 unspecified atom stereocenters. The lowest BCUT2D eigenvalue weighted by Gasteiger charge is -2.30. The third kappa shape index (κ3) is 5.06. The fourth-order valence-corrected chi connectivity index (χ4v) is 3.27. The van der Waals surface area contributed by atoms with Crippen LogP contribution in [-0.2, 0) is 0 Å². The van der Waals surface area contributed by atoms with Gasteiger partial charge in [0.1, 0.15) is 0 Å². The molecule has 0 bridgehead atoms. The van der Waals surface area contributed by atoms with Crippen molar-refractivity contribution in [1.82, 2.24) is 20.0 Å². The summed E-state index contributed by atoms with van der Waals surface area (Å²) in [4.78, 5) is 14.7. The Labute approximate surface area is 154 Å². The SMILES string of the molecule is CC1CCN(CCCNC(=O)c2ccn(-c3cccc(Cl)c3)n2)CC1. The number of benzene rings is 1. The number of carbonyl (C=O) groups excluding carboxylic acids is 1. The molecule has 0 spiro atoms. The number of hydrogen-bond acceptors (Lipinski definition) is 3. The van der Waals surface area contributed by atoms with Gasteiger partial charge in [-0.3, -0.25) is 4.79 Å². The lowest BCUT2D eigenvalue weighted by atomic mass is 9.99. The number of amides is 1. The summed E-state index contributed by atoms with van der Waals surface area (Å²) in [6.45, 7) is 6.40. The van der Waals surface area contributed by atoms with Gasteiger partial charge in [-0.2, -0.15) is 5.10 Å². The van der Waals surface area contributed by atoms with E-state index in [1.54, 1.807) is 16.9 Å². The molecule has 1 N–H and O–H groups in total. The van der Waals surface area contributed by atoms with Crippen LogP contribution in [0, 0.1) is 5.92 Å². The smallest absolute Gasteiger partial charge is 0.271 e. The maximum atomic E-state index is 12.2. The van der Waals surface area contributed by atoms with Crippen LogP contribution in [0.3, 0.4) is 0 Å². The molecular formula is C19H25ClN4O. The average Bonchev–Trinajstić information content (AvgIpc) is 3.10. The van der Waals surface area contributed by atoms with E-state index in [0.29, 0.717) is 17.3 Å². The normalized spacial score (nSPS) is 16.1. The van der Waals surface area contributed by atoms with Gasteiger partial charge in [0, 0.05) is 17.8 Å². The molecule has 1 aliphatic rings. The summed E-state index contributed by atoms with van der Waals surface area (Å²) in [6, 6.07) is 9.11. The zero-order valence-corrected chi connectivity index (χ0v) is 15.4. The van der Waals surface area contributed by atoms with Gasteiger partial charge in [0.25, 0.3) is 5.91 Å². The Kier molecular flexibility index (Phi) is 6.10. The zero-order chi connectivity index (χ0) is 17.6. The van der Waals surface area contributed by atoms with E-state index in [-0.39, 0.29) is 5.91 Å². The third-order valence-corrected chi connectivity index (χ3v) is 4.94. The number of halogens is 1. The number of rotatable bonds is 6. The summed E-state index contributed by atoms with van der Waals surface area (Å²) in [5.41, 5.74) is 1.26. The van der Waals surface area contributed by atoms with Crippen LogP contribution in [0.1, 0.15) is 36.7 Å². The Balaban J connectivity index is 1.44. The second-order valence-electron chi connectivity index (χ2n) is 6.76. The average molecular weight is 361 g/mol. The number of hydrogen-bond donors (Lipinski definition) is 1. The van der Waals surface area contributed by atoms with E-state index < -0.39 is 0 Å². The van der Waals surface area contributed by atoms with E-state index in [1.165, 1.54) is 25.9 Å². The molecular weight excluding hydrogens is 336 g/mol. The molecule has 1 aromatic heterocycles. The minimum Gasteiger partial charge on any atom is -0.351 e. The minimum absolute atomic E-state index is 0.131. The van der Waals surface area contributed by atoms with Gasteiger partial charge in [-0.05, 0) is 69.1 Å². The first-order chi connectivity index (χ1) is 12.1. The number of likely N-dealkylation sites (tertiary alicyclic amines) is 1. The maximum Gasteiger partial charge on any atom is 0.271 e. The minimum atomic E-state index is -0.131. The van der Waals surface area contributed by atoms with Crippen LogP contribution in [0.25, 0.3) is 5.69 Å². The van der Waals surface area contributed by atoms with E-state index in [0.717, 1.165) is 24.6 Å². The van der Waals surface area contributed by atoms with Crippen molar-refractivity contribution in [2.45, 2.75) is 26.2 Å². The van der Waals surface area contributed by atoms with Gasteiger partial charge in [0.05, 0.1) is 5.69 Å². The quantitative estimate of drug-likeness (QED) is 0.803. The van der Waals surface area contributed by atoms with Gasteiger partial charge >= 0.3 is 0 Å². The topological polar surface area (TPSA) is 50.2 Å². The van der Waals surface area contributed by atoms with Crippen LogP contribution in [0.4, 0.5) is 0 Å². The molecule has 1 fully saturated rings. The maximum absolute atomic E-state index is 12.2. The number of aromatic nitrogens is 2. The summed E-state index contributed by atoms with van der Waals surface area (Å²) < 4.78 is 1.66. The lowest BCUT2D eigenvalue weighted by Crippen LogP contribution is -2.35. The molecule has 2 aromatic rings. The highest BCUT2D eigenvalue weighted by atomic mass is 35.5. The van der Waals surface area contributed by atoms with E-state index in [9.17, 15) is 4.79 Å². The zero-order valence-electron chi connectivity index (χ0n) is 14.6. The van der Waals surface area contributed by atoms with Crippen molar-refractivity contribution in [2.75, 3.05) is 26.2 Å². The highest BCUT2D eigenvalue weighted by Gasteiger charge is 2.15. The van der Waals surface area contributed by atoms with Crippen LogP contribution in [0.2, 0.25) is 5.02 Å². The highest BCUT2D eigenvalue weighted by Crippen LogP contribution is 2.16. The first-order valence-electron chi connectivity index (χ1n) is 8.94. The van der Waals surface area contributed by atoms with Crippen molar-refractivity contribution in [2.24, 2.45) is 5.92 Å². The molecule has 0 atom stereocenters. The Morgan fingerprint density at radius 2 is 2.12 bits per heavy atom. The van der Waals surface area contributed by atoms with Crippen molar-refractivity contribution in [3.05, 3.63) is 47.2 Å². The number of carbonyl (C=O) groups is 1. The number of nitrogens with one attached hydrogen (secondary N) is 1. The standard InChI is InChI=1S/C19H25ClN4O/c1-15-6-11-23(12-7-15)10-3-9-21-19(25)18-8-13-24(22-18)17-5-2-4-16(20)14-17/h2,4-5,8,13-15H,3,6-7,9-12H2,1H3,(H,21,25). The van der Waals surface area contributed by atoms with Gasteiger partial charge in [0.15, 0.2) is 5.69 Å². The molecule has 1 aromatic carbocycles. The molecule has 134 valence electrons. The van der Waals surface area contributed by atoms with Gasteiger partial charge in [-0.1, -0.05) is 24.6 Å². The monoisotopic (exact) mass is 360 g/mol. The van der Waals surface area contributed by atoms with Crippen molar-refractivity contribution in [3.63, 3.8) is 0 Å². The van der Waals surface area contributed by atoms with E-state index in [4.69, 9.17) is 11.6 Å². The Hall–Kier alpha value is -1.85. The molecule has 6 heteroatoms. The van der Waals surface area contributed by atoms with Crippen molar-refractivity contribution in [1.29, 1.82) is 0 Å². The molecule has 5 nitrogen and oxygen atoms in total. The van der Waals surface area contributed by atoms with Crippen LogP contribution in [0.15, 0.2) is 36.5 Å². The van der Waals surface area contributed by atoms with Crippen molar-refractivity contribution < 1.29 is 4.79 Å². The first-order valence-corrected chi connectivity index (χ1v) is 9.32. The lowest BCUT2D eigenvalue weighted by molar-refractivity contribution is 0.0945. The number of piperidine rings is 1. The van der Waals surface area contributed by atoms with E-state index in [1.807, 2.05) is 24.3 Å². The van der Waals surface area contributed by atoms with Crippen LogP contribution in [-0.4, -0.2) is 46.8 Å². The molecule has 0 saturated carbocycles. The second-order valence-corrected chi connectivity index (χ2v) is 7.20. The predicted octanol–water partition coefficient (Wildman–Crippen LogP) is 3.38. The van der Waals surface area contributed by atoms with E-state index >= 15 is 0 Å². The fourth-order valence-electron chi connectivity index (χ4n) is 3.09. The van der Waals surface area contributed by atoms with Crippen molar-refractivity contribution >= 4 is 17.5 Å². The summed E-state index contributed by atoms with van der Waals surface area (Å²) in [5, 5.41) is 7.93. The summed E-state index contributed by atoms with van der Waals surface area (Å²) in [6.07, 6.45) is 5.31. The van der Waals surface area contributed by atoms with E-state index in [2.05, 4.69) is 22.2 Å². The molecule has 1 aliphatic heterocycles. The molecule has 1 amide bonds. The number of nitrogens with zero attached hydrogens (tertiary/aromatic N) is 3. The fraction of sp³-hybridized carbons (Fsp3) is 0.474. The van der Waals surface area contributed by atoms with Gasteiger partial charge in [-0.15, -0.1) is 0 Å². The van der Waals surface area contributed by atoms with Gasteiger partial charge in [-0.25, -0.2) is 4.68 Å². The molecule has 0 radical (unpaired) electrons. The summed E-state index contributed by atoms with van der Waals surface area (Å²) in [5.74, 6) is 0.721. The Bertz CT molecular complexity index is 707. The van der Waals surface area contributed by atoms with Crippen LogP contribution in [0.5, 0.6) is 0 Å². The highest BCUT2D eigenvalue weighted by molar-refractivity contribution is 6.30. The van der Waals surface area contributed by atoms with Gasteiger partial charge < -0.3 is 10.2 Å². The molecule has 25 heavy (non-hydrogen) atoms. The Morgan fingerprint density at radius 3 is 2.88 bits per heavy atom. The van der Waals surface area contributed by atoms with Crippen molar-refractivity contribution in [3.8, 4) is 5.69 Å². The molecule has 3 rings (SSSR count). The largest absolute Gasteiger partial charge is 0.351 e. The van der Waals surface area contributed by atoms with Gasteiger partial charge in [0.2, 0.25) is 0 Å². The summed E-state index contributed by atoms with van der Waals surface area (Å²) in [7, 11) is 0. The van der Waals surface area contributed by atoms with Crippen LogP contribution >= 0.6 is 11.6 Å².